The second-order valence-corrected chi connectivity index (χ2v) is 8.99. The summed E-state index contributed by atoms with van der Waals surface area (Å²) in [4.78, 5) is 34.7. The van der Waals surface area contributed by atoms with Crippen LogP contribution in [0, 0.1) is 0 Å². The molecule has 1 N–H and O–H groups in total. The Labute approximate surface area is 193 Å². The average molecular weight is 498 g/mol. The molecule has 2 aromatic carbocycles. The van der Waals surface area contributed by atoms with Crippen LogP contribution in [0.3, 0.4) is 0 Å². The van der Waals surface area contributed by atoms with Gasteiger partial charge in [-0.3, -0.25) is 9.59 Å². The molecular formula is C23H20BrN3O3S. The van der Waals surface area contributed by atoms with Crippen molar-refractivity contribution in [3.8, 4) is 5.75 Å². The van der Waals surface area contributed by atoms with Crippen molar-refractivity contribution in [1.82, 2.24) is 14.8 Å². The molecule has 6 nitrogen and oxygen atoms in total. The van der Waals surface area contributed by atoms with Gasteiger partial charge in [-0.05, 0) is 48.5 Å². The van der Waals surface area contributed by atoms with Gasteiger partial charge in [0.05, 0.1) is 11.1 Å². The van der Waals surface area contributed by atoms with E-state index in [1.54, 1.807) is 46.3 Å². The third kappa shape index (κ3) is 4.91. The quantitative estimate of drug-likeness (QED) is 0.581. The lowest BCUT2D eigenvalue weighted by molar-refractivity contribution is 0.0531. The number of carbonyl (C=O) groups is 2. The summed E-state index contributed by atoms with van der Waals surface area (Å²) >= 11 is 4.87. The zero-order valence-corrected chi connectivity index (χ0v) is 19.0. The summed E-state index contributed by atoms with van der Waals surface area (Å²) in [7, 11) is 0. The highest BCUT2D eigenvalue weighted by Crippen LogP contribution is 2.30. The minimum atomic E-state index is -0.224. The number of para-hydroxylation sites is 1. The van der Waals surface area contributed by atoms with Gasteiger partial charge in [0.15, 0.2) is 0 Å². The van der Waals surface area contributed by atoms with Crippen LogP contribution in [0.1, 0.15) is 20.7 Å². The molecule has 4 rings (SSSR count). The number of carbonyl (C=O) groups excluding carboxylic acids is 2. The minimum absolute atomic E-state index is 0.0315. The first-order valence-electron chi connectivity index (χ1n) is 9.78. The van der Waals surface area contributed by atoms with Crippen molar-refractivity contribution in [2.24, 2.45) is 0 Å². The molecule has 3 aromatic rings. The van der Waals surface area contributed by atoms with Crippen LogP contribution >= 0.6 is 27.7 Å². The standard InChI is InChI=1S/C23H20BrN3O3S/c24-16-7-9-17(10-8-16)31-21-19(5-3-11-25-21)23(30)27-14-12-26(13-15-27)22(29)18-4-1-2-6-20(18)28/h1-11,28H,12-15H2. The molecule has 1 aliphatic heterocycles. The van der Waals surface area contributed by atoms with Crippen LogP contribution in [0.4, 0.5) is 0 Å². The molecule has 8 heteroatoms. The van der Waals surface area contributed by atoms with E-state index in [9.17, 15) is 14.7 Å². The van der Waals surface area contributed by atoms with Gasteiger partial charge in [-0.2, -0.15) is 0 Å². The van der Waals surface area contributed by atoms with Crippen molar-refractivity contribution in [3.63, 3.8) is 0 Å². The van der Waals surface area contributed by atoms with E-state index in [2.05, 4.69) is 20.9 Å². The van der Waals surface area contributed by atoms with Crippen LogP contribution in [-0.4, -0.2) is 57.9 Å². The Bertz CT molecular complexity index is 1100. The molecule has 0 aliphatic carbocycles. The monoisotopic (exact) mass is 497 g/mol. The topological polar surface area (TPSA) is 73.7 Å². The second kappa shape index (κ2) is 9.53. The van der Waals surface area contributed by atoms with Gasteiger partial charge >= 0.3 is 0 Å². The summed E-state index contributed by atoms with van der Waals surface area (Å²) < 4.78 is 0.991. The Morgan fingerprint density at radius 1 is 0.839 bits per heavy atom. The van der Waals surface area contributed by atoms with E-state index in [1.807, 2.05) is 24.3 Å². The lowest BCUT2D eigenvalue weighted by Crippen LogP contribution is -2.50. The third-order valence-electron chi connectivity index (χ3n) is 5.02. The van der Waals surface area contributed by atoms with Gasteiger partial charge in [0.1, 0.15) is 10.8 Å². The molecule has 0 atom stereocenters. The van der Waals surface area contributed by atoms with Crippen LogP contribution in [-0.2, 0) is 0 Å². The fourth-order valence-corrected chi connectivity index (χ4v) is 4.50. The number of benzene rings is 2. The fraction of sp³-hybridized carbons (Fsp3) is 0.174. The normalized spacial score (nSPS) is 13.8. The highest BCUT2D eigenvalue weighted by atomic mass is 79.9. The van der Waals surface area contributed by atoms with Gasteiger partial charge in [0, 0.05) is 41.7 Å². The van der Waals surface area contributed by atoms with Crippen molar-refractivity contribution >= 4 is 39.5 Å². The lowest BCUT2D eigenvalue weighted by atomic mass is 10.1. The third-order valence-corrected chi connectivity index (χ3v) is 6.57. The molecule has 1 aromatic heterocycles. The SMILES string of the molecule is O=C(c1ccccc1O)N1CCN(C(=O)c2cccnc2Sc2ccc(Br)cc2)CC1. The van der Waals surface area contributed by atoms with E-state index in [0.717, 1.165) is 9.37 Å². The summed E-state index contributed by atoms with van der Waals surface area (Å²) in [6.45, 7) is 1.67. The summed E-state index contributed by atoms with van der Waals surface area (Å²) in [6.07, 6.45) is 1.68. The molecule has 0 spiro atoms. The lowest BCUT2D eigenvalue weighted by Gasteiger charge is -2.35. The van der Waals surface area contributed by atoms with Crippen molar-refractivity contribution in [2.45, 2.75) is 9.92 Å². The Morgan fingerprint density at radius 3 is 2.06 bits per heavy atom. The van der Waals surface area contributed by atoms with E-state index < -0.39 is 0 Å². The molecule has 158 valence electrons. The van der Waals surface area contributed by atoms with Gasteiger partial charge in [0.2, 0.25) is 0 Å². The van der Waals surface area contributed by atoms with Crippen LogP contribution < -0.4 is 0 Å². The van der Waals surface area contributed by atoms with Gasteiger partial charge in [0.25, 0.3) is 11.8 Å². The number of aromatic nitrogens is 1. The zero-order chi connectivity index (χ0) is 21.8. The number of phenolic OH excluding ortho intramolecular Hbond substituents is 1. The maximum absolute atomic E-state index is 13.2. The number of piperazine rings is 1. The van der Waals surface area contributed by atoms with Crippen molar-refractivity contribution in [3.05, 3.63) is 82.5 Å². The van der Waals surface area contributed by atoms with Gasteiger partial charge < -0.3 is 14.9 Å². The van der Waals surface area contributed by atoms with E-state index in [-0.39, 0.29) is 23.1 Å². The van der Waals surface area contributed by atoms with Crippen molar-refractivity contribution < 1.29 is 14.7 Å². The second-order valence-electron chi connectivity index (χ2n) is 7.01. The van der Waals surface area contributed by atoms with Crippen LogP contribution in [0.15, 0.2) is 81.3 Å². The summed E-state index contributed by atoms with van der Waals surface area (Å²) in [5.74, 6) is -0.351. The number of rotatable bonds is 4. The zero-order valence-electron chi connectivity index (χ0n) is 16.6. The molecule has 0 saturated carbocycles. The van der Waals surface area contributed by atoms with E-state index in [4.69, 9.17) is 0 Å². The average Bonchev–Trinajstić information content (AvgIpc) is 2.80. The van der Waals surface area contributed by atoms with Crippen LogP contribution in [0.5, 0.6) is 5.75 Å². The molecule has 1 saturated heterocycles. The number of nitrogens with zero attached hydrogens (tertiary/aromatic N) is 3. The Balaban J connectivity index is 1.44. The molecular weight excluding hydrogens is 478 g/mol. The minimum Gasteiger partial charge on any atom is -0.507 e. The van der Waals surface area contributed by atoms with E-state index in [1.165, 1.54) is 17.8 Å². The Morgan fingerprint density at radius 2 is 1.42 bits per heavy atom. The molecule has 2 heterocycles. The highest BCUT2D eigenvalue weighted by Gasteiger charge is 2.28. The van der Waals surface area contributed by atoms with Gasteiger partial charge in [-0.15, -0.1) is 0 Å². The highest BCUT2D eigenvalue weighted by molar-refractivity contribution is 9.10. The maximum Gasteiger partial charge on any atom is 0.257 e. The number of hydrogen-bond acceptors (Lipinski definition) is 5. The molecule has 0 bridgehead atoms. The number of halogens is 1. The molecule has 0 unspecified atom stereocenters. The summed E-state index contributed by atoms with van der Waals surface area (Å²) in [5, 5.41) is 10.6. The van der Waals surface area contributed by atoms with Crippen molar-refractivity contribution in [2.75, 3.05) is 26.2 Å². The molecule has 1 fully saturated rings. The van der Waals surface area contributed by atoms with Crippen LogP contribution in [0.2, 0.25) is 0 Å². The molecule has 0 radical (unpaired) electrons. The maximum atomic E-state index is 13.2. The number of phenols is 1. The number of pyridine rings is 1. The molecule has 2 amide bonds. The largest absolute Gasteiger partial charge is 0.507 e. The first kappa shape index (κ1) is 21.4. The number of aromatic hydroxyl groups is 1. The summed E-state index contributed by atoms with van der Waals surface area (Å²) in [6, 6.07) is 17.9. The predicted octanol–water partition coefficient (Wildman–Crippen LogP) is 4.30. The molecule has 31 heavy (non-hydrogen) atoms. The summed E-state index contributed by atoms with van der Waals surface area (Å²) in [5.41, 5.74) is 0.832. The van der Waals surface area contributed by atoms with Crippen LogP contribution in [0.25, 0.3) is 0 Å². The smallest absolute Gasteiger partial charge is 0.257 e. The first-order valence-corrected chi connectivity index (χ1v) is 11.4. The predicted molar refractivity (Wildman–Crippen MR) is 122 cm³/mol. The van der Waals surface area contributed by atoms with Gasteiger partial charge in [-0.25, -0.2) is 4.98 Å². The van der Waals surface area contributed by atoms with Crippen molar-refractivity contribution in [1.29, 1.82) is 0 Å². The van der Waals surface area contributed by atoms with Gasteiger partial charge in [-0.1, -0.05) is 39.8 Å². The first-order chi connectivity index (χ1) is 15.0. The van der Waals surface area contributed by atoms with E-state index in [0.29, 0.717) is 36.8 Å². The Hall–Kier alpha value is -2.84. The Kier molecular flexibility index (Phi) is 6.58. The number of hydrogen-bond donors (Lipinski definition) is 1. The number of amides is 2. The van der Waals surface area contributed by atoms with E-state index >= 15 is 0 Å². The molecule has 1 aliphatic rings. The fourth-order valence-electron chi connectivity index (χ4n) is 3.36.